The zero-order valence-electron chi connectivity index (χ0n) is 11.9. The predicted octanol–water partition coefficient (Wildman–Crippen LogP) is 3.67. The molecular weight excluding hydrogens is 285 g/mol. The third-order valence-electron chi connectivity index (χ3n) is 3.05. The molecule has 2 nitrogen and oxygen atoms in total. The van der Waals surface area contributed by atoms with Crippen molar-refractivity contribution in [1.29, 1.82) is 0 Å². The molecule has 0 aliphatic rings. The largest absolute Gasteiger partial charge is 0.355 e. The van der Waals surface area contributed by atoms with E-state index >= 15 is 0 Å². The van der Waals surface area contributed by atoms with Gasteiger partial charge in [-0.15, -0.1) is 11.8 Å². The van der Waals surface area contributed by atoms with Gasteiger partial charge in [-0.05, 0) is 43.2 Å². The maximum atomic E-state index is 12.8. The van der Waals surface area contributed by atoms with Crippen LogP contribution >= 0.6 is 11.8 Å². The number of thioether (sulfide) groups is 1. The molecule has 0 saturated heterocycles. The van der Waals surface area contributed by atoms with Gasteiger partial charge in [-0.2, -0.15) is 0 Å². The molecule has 0 saturated carbocycles. The van der Waals surface area contributed by atoms with E-state index in [0.29, 0.717) is 13.0 Å². The van der Waals surface area contributed by atoms with E-state index in [1.165, 1.54) is 23.9 Å². The minimum absolute atomic E-state index is 0.0194. The van der Waals surface area contributed by atoms with Crippen molar-refractivity contribution < 1.29 is 9.18 Å². The summed E-state index contributed by atoms with van der Waals surface area (Å²) in [5, 5.41) is 2.77. The molecule has 0 heterocycles. The first-order valence-corrected chi connectivity index (χ1v) is 7.77. The number of carbonyl (C=O) groups excluding carboxylic acids is 1. The van der Waals surface area contributed by atoms with Gasteiger partial charge in [-0.3, -0.25) is 4.79 Å². The molecule has 4 heteroatoms. The summed E-state index contributed by atoms with van der Waals surface area (Å²) in [5.74, 6) is -0.221. The average Bonchev–Trinajstić information content (AvgIpc) is 2.50. The first-order chi connectivity index (χ1) is 10.1. The highest BCUT2D eigenvalue weighted by Crippen LogP contribution is 2.22. The molecule has 0 aromatic heterocycles. The summed E-state index contributed by atoms with van der Waals surface area (Å²) in [6, 6.07) is 16.2. The maximum absolute atomic E-state index is 12.8. The summed E-state index contributed by atoms with van der Waals surface area (Å²) in [7, 11) is 0. The van der Waals surface area contributed by atoms with Gasteiger partial charge in [-0.25, -0.2) is 4.39 Å². The topological polar surface area (TPSA) is 29.1 Å². The van der Waals surface area contributed by atoms with Crippen molar-refractivity contribution in [2.45, 2.75) is 23.5 Å². The molecule has 2 rings (SSSR count). The summed E-state index contributed by atoms with van der Waals surface area (Å²) in [4.78, 5) is 13.1. The third kappa shape index (κ3) is 5.23. The molecule has 0 aliphatic heterocycles. The van der Waals surface area contributed by atoms with Crippen LogP contribution < -0.4 is 5.32 Å². The minimum Gasteiger partial charge on any atom is -0.355 e. The number of benzene rings is 2. The van der Waals surface area contributed by atoms with Gasteiger partial charge < -0.3 is 5.32 Å². The Bertz CT molecular complexity index is 571. The van der Waals surface area contributed by atoms with E-state index in [9.17, 15) is 9.18 Å². The number of halogens is 1. The van der Waals surface area contributed by atoms with E-state index < -0.39 is 0 Å². The Labute approximate surface area is 128 Å². The van der Waals surface area contributed by atoms with E-state index in [4.69, 9.17) is 0 Å². The lowest BCUT2D eigenvalue weighted by molar-refractivity contribution is -0.120. The highest BCUT2D eigenvalue weighted by Gasteiger charge is 2.13. The fourth-order valence-corrected chi connectivity index (χ4v) is 2.79. The van der Waals surface area contributed by atoms with Gasteiger partial charge in [0.05, 0.1) is 5.25 Å². The van der Waals surface area contributed by atoms with Crippen LogP contribution in [0.1, 0.15) is 12.5 Å². The Morgan fingerprint density at radius 2 is 1.81 bits per heavy atom. The monoisotopic (exact) mass is 303 g/mol. The van der Waals surface area contributed by atoms with Crippen molar-refractivity contribution in [1.82, 2.24) is 5.32 Å². The number of amides is 1. The lowest BCUT2D eigenvalue weighted by Gasteiger charge is -2.12. The van der Waals surface area contributed by atoms with Gasteiger partial charge in [0.1, 0.15) is 5.82 Å². The first kappa shape index (κ1) is 15.6. The van der Waals surface area contributed by atoms with Crippen LogP contribution in [0.15, 0.2) is 59.5 Å². The van der Waals surface area contributed by atoms with Crippen molar-refractivity contribution in [2.24, 2.45) is 0 Å². The van der Waals surface area contributed by atoms with Crippen LogP contribution in [0.4, 0.5) is 4.39 Å². The molecule has 0 unspecified atom stereocenters. The lowest BCUT2D eigenvalue weighted by Crippen LogP contribution is -2.32. The van der Waals surface area contributed by atoms with Gasteiger partial charge in [0, 0.05) is 11.4 Å². The molecule has 21 heavy (non-hydrogen) atoms. The average molecular weight is 303 g/mol. The number of nitrogens with one attached hydrogen (secondary N) is 1. The molecule has 0 spiro atoms. The van der Waals surface area contributed by atoms with Gasteiger partial charge >= 0.3 is 0 Å². The fraction of sp³-hybridized carbons (Fsp3) is 0.235. The molecule has 2 aromatic rings. The number of rotatable bonds is 6. The highest BCUT2D eigenvalue weighted by molar-refractivity contribution is 8.00. The van der Waals surface area contributed by atoms with E-state index in [0.717, 1.165) is 10.5 Å². The van der Waals surface area contributed by atoms with Gasteiger partial charge in [0.25, 0.3) is 0 Å². The van der Waals surface area contributed by atoms with Crippen LogP contribution in [0.2, 0.25) is 0 Å². The predicted molar refractivity (Wildman–Crippen MR) is 84.9 cm³/mol. The van der Waals surface area contributed by atoms with E-state index in [-0.39, 0.29) is 17.0 Å². The van der Waals surface area contributed by atoms with Crippen molar-refractivity contribution >= 4 is 17.7 Å². The van der Waals surface area contributed by atoms with E-state index in [1.807, 2.05) is 37.3 Å². The standard InChI is InChI=1S/C17H18FNOS/c1-13(21-16-5-3-2-4-6-16)17(20)19-12-11-14-7-9-15(18)10-8-14/h2-10,13H,11-12H2,1H3,(H,19,20)/t13-/m1/s1. The van der Waals surface area contributed by atoms with Crippen LogP contribution in [0, 0.1) is 5.82 Å². The van der Waals surface area contributed by atoms with Crippen LogP contribution in [0.5, 0.6) is 0 Å². The van der Waals surface area contributed by atoms with Gasteiger partial charge in [0.2, 0.25) is 5.91 Å². The number of hydrogen-bond donors (Lipinski definition) is 1. The molecule has 1 atom stereocenters. The Kier molecular flexibility index (Phi) is 5.81. The number of carbonyl (C=O) groups is 1. The minimum atomic E-state index is -0.240. The summed E-state index contributed by atoms with van der Waals surface area (Å²) < 4.78 is 12.8. The van der Waals surface area contributed by atoms with Crippen LogP contribution in [-0.2, 0) is 11.2 Å². The molecule has 0 radical (unpaired) electrons. The fourth-order valence-electron chi connectivity index (χ4n) is 1.88. The summed E-state index contributed by atoms with van der Waals surface area (Å²) >= 11 is 1.54. The summed E-state index contributed by atoms with van der Waals surface area (Å²) in [6.45, 7) is 2.45. The van der Waals surface area contributed by atoms with E-state index in [1.54, 1.807) is 12.1 Å². The van der Waals surface area contributed by atoms with Crippen molar-refractivity contribution in [3.8, 4) is 0 Å². The molecule has 1 amide bonds. The Hall–Kier alpha value is -1.81. The molecule has 2 aromatic carbocycles. The van der Waals surface area contributed by atoms with Crippen LogP contribution in [0.25, 0.3) is 0 Å². The van der Waals surface area contributed by atoms with Crippen molar-refractivity contribution in [3.05, 3.63) is 66.0 Å². The zero-order chi connectivity index (χ0) is 15.1. The quantitative estimate of drug-likeness (QED) is 0.825. The van der Waals surface area contributed by atoms with Gasteiger partial charge in [-0.1, -0.05) is 30.3 Å². The SMILES string of the molecule is C[C@@H](Sc1ccccc1)C(=O)NCCc1ccc(F)cc1. The van der Waals surface area contributed by atoms with Gasteiger partial charge in [0.15, 0.2) is 0 Å². The Morgan fingerprint density at radius 3 is 2.48 bits per heavy atom. The maximum Gasteiger partial charge on any atom is 0.233 e. The third-order valence-corrected chi connectivity index (χ3v) is 4.16. The normalized spacial score (nSPS) is 11.9. The molecule has 0 aliphatic carbocycles. The second-order valence-electron chi connectivity index (χ2n) is 4.74. The van der Waals surface area contributed by atoms with Crippen molar-refractivity contribution in [3.63, 3.8) is 0 Å². The zero-order valence-corrected chi connectivity index (χ0v) is 12.7. The van der Waals surface area contributed by atoms with Crippen molar-refractivity contribution in [2.75, 3.05) is 6.54 Å². The summed E-state index contributed by atoms with van der Waals surface area (Å²) in [5.41, 5.74) is 1.01. The van der Waals surface area contributed by atoms with E-state index in [2.05, 4.69) is 5.32 Å². The van der Waals surface area contributed by atoms with Crippen LogP contribution in [-0.4, -0.2) is 17.7 Å². The highest BCUT2D eigenvalue weighted by atomic mass is 32.2. The Balaban J connectivity index is 1.75. The summed E-state index contributed by atoms with van der Waals surface area (Å²) in [6.07, 6.45) is 0.703. The second-order valence-corrected chi connectivity index (χ2v) is 6.15. The van der Waals surface area contributed by atoms with Crippen LogP contribution in [0.3, 0.4) is 0 Å². The first-order valence-electron chi connectivity index (χ1n) is 6.89. The smallest absolute Gasteiger partial charge is 0.233 e. The molecular formula is C17H18FNOS. The molecule has 0 fully saturated rings. The lowest BCUT2D eigenvalue weighted by atomic mass is 10.1. The molecule has 110 valence electrons. The second kappa shape index (κ2) is 7.84. The molecule has 1 N–H and O–H groups in total. The molecule has 0 bridgehead atoms. The number of hydrogen-bond acceptors (Lipinski definition) is 2. The Morgan fingerprint density at radius 1 is 1.14 bits per heavy atom.